The first-order chi connectivity index (χ1) is 14.5. The summed E-state index contributed by atoms with van der Waals surface area (Å²) in [6.45, 7) is 2.80. The molecule has 30 heavy (non-hydrogen) atoms. The molecule has 1 aliphatic heterocycles. The topological polar surface area (TPSA) is 60.9 Å². The van der Waals surface area contributed by atoms with Gasteiger partial charge in [0.1, 0.15) is 4.32 Å². The molecule has 0 aromatic heterocycles. The van der Waals surface area contributed by atoms with Gasteiger partial charge in [0.05, 0.1) is 11.5 Å². The summed E-state index contributed by atoms with van der Waals surface area (Å²) < 4.78 is 0.461. The van der Waals surface area contributed by atoms with Gasteiger partial charge in [0.15, 0.2) is 0 Å². The minimum Gasteiger partial charge on any atom is -0.395 e. The minimum atomic E-state index is -0.171. The van der Waals surface area contributed by atoms with Crippen molar-refractivity contribution in [1.29, 1.82) is 0 Å². The molecule has 0 spiro atoms. The van der Waals surface area contributed by atoms with Gasteiger partial charge in [-0.3, -0.25) is 14.5 Å². The van der Waals surface area contributed by atoms with E-state index in [-0.39, 0.29) is 37.9 Å². The van der Waals surface area contributed by atoms with E-state index in [1.807, 2.05) is 67.6 Å². The van der Waals surface area contributed by atoms with Crippen molar-refractivity contribution in [2.75, 3.05) is 19.7 Å². The highest BCUT2D eigenvalue weighted by atomic mass is 32.2. The third kappa shape index (κ3) is 5.78. The Hall–Kier alpha value is -2.48. The number of aliphatic hydroxyl groups is 1. The van der Waals surface area contributed by atoms with E-state index in [1.165, 1.54) is 16.7 Å². The summed E-state index contributed by atoms with van der Waals surface area (Å²) in [6, 6.07) is 17.5. The molecule has 2 aromatic rings. The van der Waals surface area contributed by atoms with Crippen molar-refractivity contribution in [2.45, 2.75) is 19.9 Å². The fourth-order valence-electron chi connectivity index (χ4n) is 3.09. The molecule has 0 unspecified atom stereocenters. The average Bonchev–Trinajstić information content (AvgIpc) is 3.01. The first-order valence-corrected chi connectivity index (χ1v) is 10.9. The van der Waals surface area contributed by atoms with E-state index in [0.717, 1.165) is 16.7 Å². The Morgan fingerprint density at radius 3 is 2.53 bits per heavy atom. The number of amides is 2. The van der Waals surface area contributed by atoms with Crippen LogP contribution in [0, 0.1) is 6.92 Å². The Kier molecular flexibility index (Phi) is 7.79. The number of hydrogen-bond donors (Lipinski definition) is 1. The molecule has 156 valence electrons. The molecule has 0 bridgehead atoms. The molecule has 2 amide bonds. The van der Waals surface area contributed by atoms with Crippen molar-refractivity contribution in [3.63, 3.8) is 0 Å². The summed E-state index contributed by atoms with van der Waals surface area (Å²) in [5.74, 6) is -0.292. The predicted molar refractivity (Wildman–Crippen MR) is 125 cm³/mol. The normalized spacial score (nSPS) is 15.1. The number of carbonyl (C=O) groups is 2. The smallest absolute Gasteiger partial charge is 0.266 e. The molecule has 1 aliphatic rings. The number of nitrogens with zero attached hydrogens (tertiary/aromatic N) is 2. The average molecular weight is 441 g/mol. The summed E-state index contributed by atoms with van der Waals surface area (Å²) in [4.78, 5) is 29.1. The lowest BCUT2D eigenvalue weighted by Gasteiger charge is -2.23. The van der Waals surface area contributed by atoms with Crippen LogP contribution in [0.1, 0.15) is 23.1 Å². The third-order valence-electron chi connectivity index (χ3n) is 4.74. The quantitative estimate of drug-likeness (QED) is 0.502. The van der Waals surface area contributed by atoms with Crippen molar-refractivity contribution in [3.8, 4) is 0 Å². The predicted octanol–water partition coefficient (Wildman–Crippen LogP) is 3.61. The maximum Gasteiger partial charge on any atom is 0.266 e. The zero-order chi connectivity index (χ0) is 21.5. The summed E-state index contributed by atoms with van der Waals surface area (Å²) in [7, 11) is 0. The van der Waals surface area contributed by atoms with Crippen LogP contribution < -0.4 is 0 Å². The summed E-state index contributed by atoms with van der Waals surface area (Å²) in [5, 5.41) is 9.33. The van der Waals surface area contributed by atoms with Gasteiger partial charge in [-0.25, -0.2) is 0 Å². The molecular weight excluding hydrogens is 416 g/mol. The van der Waals surface area contributed by atoms with Crippen molar-refractivity contribution in [2.24, 2.45) is 0 Å². The number of thioether (sulfide) groups is 1. The molecule has 7 heteroatoms. The lowest BCUT2D eigenvalue weighted by atomic mass is 10.1. The molecule has 1 heterocycles. The molecule has 0 radical (unpaired) electrons. The molecule has 0 aliphatic carbocycles. The SMILES string of the molecule is Cc1ccc(/C=C2/SC(=S)N(CCC(=O)N(CCO)Cc3ccccc3)C2=O)cc1. The van der Waals surface area contributed by atoms with Crippen LogP contribution in [0.25, 0.3) is 6.08 Å². The molecule has 5 nitrogen and oxygen atoms in total. The highest BCUT2D eigenvalue weighted by Gasteiger charge is 2.32. The van der Waals surface area contributed by atoms with E-state index >= 15 is 0 Å². The summed E-state index contributed by atoms with van der Waals surface area (Å²) >= 11 is 6.63. The number of rotatable bonds is 8. The fraction of sp³-hybridized carbons (Fsp3) is 0.261. The van der Waals surface area contributed by atoms with Crippen LogP contribution in [0.15, 0.2) is 59.5 Å². The summed E-state index contributed by atoms with van der Waals surface area (Å²) in [5.41, 5.74) is 3.08. The monoisotopic (exact) mass is 440 g/mol. The molecular formula is C23H24N2O3S2. The highest BCUT2D eigenvalue weighted by Crippen LogP contribution is 2.32. The molecule has 3 rings (SSSR count). The maximum atomic E-state index is 12.8. The van der Waals surface area contributed by atoms with Gasteiger partial charge < -0.3 is 10.0 Å². The van der Waals surface area contributed by atoms with Crippen LogP contribution in [-0.4, -0.2) is 50.7 Å². The second kappa shape index (κ2) is 10.5. The fourth-order valence-corrected chi connectivity index (χ4v) is 4.40. The molecule has 1 N–H and O–H groups in total. The minimum absolute atomic E-state index is 0.112. The van der Waals surface area contributed by atoms with E-state index in [9.17, 15) is 14.7 Å². The number of carbonyl (C=O) groups excluding carboxylic acids is 2. The number of hydrogen-bond acceptors (Lipinski definition) is 5. The third-order valence-corrected chi connectivity index (χ3v) is 6.11. The van der Waals surface area contributed by atoms with Crippen LogP contribution in [0.4, 0.5) is 0 Å². The van der Waals surface area contributed by atoms with E-state index < -0.39 is 0 Å². The highest BCUT2D eigenvalue weighted by molar-refractivity contribution is 8.26. The molecule has 2 aromatic carbocycles. The van der Waals surface area contributed by atoms with Gasteiger partial charge in [-0.2, -0.15) is 0 Å². The zero-order valence-electron chi connectivity index (χ0n) is 16.8. The van der Waals surface area contributed by atoms with E-state index in [1.54, 1.807) is 4.90 Å². The molecule has 0 saturated carbocycles. The van der Waals surface area contributed by atoms with E-state index in [4.69, 9.17) is 12.2 Å². The van der Waals surface area contributed by atoms with Crippen molar-refractivity contribution >= 4 is 46.2 Å². The van der Waals surface area contributed by atoms with E-state index in [0.29, 0.717) is 15.8 Å². The second-order valence-electron chi connectivity index (χ2n) is 7.02. The zero-order valence-corrected chi connectivity index (χ0v) is 18.4. The van der Waals surface area contributed by atoms with Gasteiger partial charge in [0, 0.05) is 26.1 Å². The molecule has 1 saturated heterocycles. The van der Waals surface area contributed by atoms with Gasteiger partial charge in [0.25, 0.3) is 5.91 Å². The largest absolute Gasteiger partial charge is 0.395 e. The van der Waals surface area contributed by atoms with E-state index in [2.05, 4.69) is 0 Å². The van der Waals surface area contributed by atoms with Gasteiger partial charge >= 0.3 is 0 Å². The Morgan fingerprint density at radius 1 is 1.17 bits per heavy atom. The van der Waals surface area contributed by atoms with Crippen LogP contribution in [0.3, 0.4) is 0 Å². The van der Waals surface area contributed by atoms with Crippen LogP contribution in [0.5, 0.6) is 0 Å². The van der Waals surface area contributed by atoms with Crippen molar-refractivity contribution < 1.29 is 14.7 Å². The molecule has 1 fully saturated rings. The van der Waals surface area contributed by atoms with Gasteiger partial charge in [-0.15, -0.1) is 0 Å². The van der Waals surface area contributed by atoms with Gasteiger partial charge in [-0.1, -0.05) is 84.1 Å². The Morgan fingerprint density at radius 2 is 1.87 bits per heavy atom. The Balaban J connectivity index is 1.62. The Bertz CT molecular complexity index is 943. The first-order valence-electron chi connectivity index (χ1n) is 9.72. The number of aryl methyl sites for hydroxylation is 1. The van der Waals surface area contributed by atoms with Crippen molar-refractivity contribution in [1.82, 2.24) is 9.80 Å². The number of thiocarbonyl (C=S) groups is 1. The lowest BCUT2D eigenvalue weighted by Crippen LogP contribution is -2.37. The van der Waals surface area contributed by atoms with Crippen LogP contribution in [0.2, 0.25) is 0 Å². The standard InChI is InChI=1S/C23H24N2O3S2/c1-17-7-9-18(10-8-17)15-20-22(28)25(23(29)30-20)12-11-21(27)24(13-14-26)16-19-5-3-2-4-6-19/h2-10,15,26H,11-14,16H2,1H3/b20-15+. The Labute approximate surface area is 186 Å². The number of aliphatic hydroxyl groups excluding tert-OH is 1. The maximum absolute atomic E-state index is 12.8. The van der Waals surface area contributed by atoms with Crippen LogP contribution >= 0.6 is 24.0 Å². The second-order valence-corrected chi connectivity index (χ2v) is 8.69. The lowest BCUT2D eigenvalue weighted by molar-refractivity contribution is -0.132. The van der Waals surface area contributed by atoms with Gasteiger partial charge in [0.2, 0.25) is 5.91 Å². The first kappa shape index (κ1) is 22.2. The molecule has 0 atom stereocenters. The number of benzene rings is 2. The van der Waals surface area contributed by atoms with Crippen molar-refractivity contribution in [3.05, 3.63) is 76.2 Å². The summed E-state index contributed by atoms with van der Waals surface area (Å²) in [6.07, 6.45) is 1.98. The van der Waals surface area contributed by atoms with Gasteiger partial charge in [-0.05, 0) is 24.1 Å². The van der Waals surface area contributed by atoms with Crippen LogP contribution in [-0.2, 0) is 16.1 Å².